The summed E-state index contributed by atoms with van der Waals surface area (Å²) in [6.45, 7) is 2.67. The highest BCUT2D eigenvalue weighted by Gasteiger charge is 2.22. The van der Waals surface area contributed by atoms with E-state index in [9.17, 15) is 14.7 Å². The molecule has 0 aliphatic heterocycles. The van der Waals surface area contributed by atoms with E-state index in [1.165, 1.54) is 25.7 Å². The van der Waals surface area contributed by atoms with Gasteiger partial charge in [-0.1, -0.05) is 45.4 Å². The number of carboxylic acids is 1. The second kappa shape index (κ2) is 15.1. The van der Waals surface area contributed by atoms with Crippen LogP contribution < -0.4 is 5.11 Å². The Morgan fingerprint density at radius 1 is 0.935 bits per heavy atom. The highest BCUT2D eigenvalue weighted by Crippen LogP contribution is 2.16. The van der Waals surface area contributed by atoms with Gasteiger partial charge in [0.1, 0.15) is 18.1 Å². The summed E-state index contributed by atoms with van der Waals surface area (Å²) in [5.74, 6) is 0.672. The van der Waals surface area contributed by atoms with Gasteiger partial charge in [0.15, 0.2) is 6.10 Å². The summed E-state index contributed by atoms with van der Waals surface area (Å²) < 4.78 is 11.8. The van der Waals surface area contributed by atoms with Crippen LogP contribution in [0.2, 0.25) is 0 Å². The van der Waals surface area contributed by atoms with E-state index in [1.54, 1.807) is 0 Å². The third-order valence-corrected chi connectivity index (χ3v) is 5.24. The Balaban J connectivity index is 2.12. The summed E-state index contributed by atoms with van der Waals surface area (Å²) in [5.41, 5.74) is 0. The van der Waals surface area contributed by atoms with Crippen molar-refractivity contribution < 1.29 is 28.3 Å². The number of aryl methyl sites for hydroxylation is 2. The van der Waals surface area contributed by atoms with Gasteiger partial charge in [-0.25, -0.2) is 0 Å². The van der Waals surface area contributed by atoms with E-state index in [1.807, 2.05) is 21.1 Å². The van der Waals surface area contributed by atoms with Gasteiger partial charge in [-0.3, -0.25) is 4.79 Å². The summed E-state index contributed by atoms with van der Waals surface area (Å²) in [6, 6.07) is 4.21. The summed E-state index contributed by atoms with van der Waals surface area (Å²) in [7, 11) is 5.81. The van der Waals surface area contributed by atoms with Crippen LogP contribution in [-0.4, -0.2) is 50.2 Å². The quantitative estimate of drug-likeness (QED) is 0.197. The van der Waals surface area contributed by atoms with Crippen molar-refractivity contribution in [2.24, 2.45) is 0 Å². The Labute approximate surface area is 188 Å². The van der Waals surface area contributed by atoms with E-state index >= 15 is 0 Å². The molecule has 0 spiro atoms. The molecule has 0 bridgehead atoms. The molecule has 0 amide bonds. The molecule has 1 rings (SSSR count). The fraction of sp³-hybridized carbons (Fsp3) is 0.760. The van der Waals surface area contributed by atoms with Gasteiger partial charge in [-0.15, -0.1) is 0 Å². The molecule has 1 atom stereocenters. The van der Waals surface area contributed by atoms with Crippen molar-refractivity contribution in [3.63, 3.8) is 0 Å². The van der Waals surface area contributed by atoms with Gasteiger partial charge in [-0.05, 0) is 31.4 Å². The average Bonchev–Trinajstić information content (AvgIpc) is 3.10. The van der Waals surface area contributed by atoms with Gasteiger partial charge < -0.3 is 23.5 Å². The molecule has 0 N–H and O–H groups in total. The Kier molecular flexibility index (Phi) is 13.2. The van der Waals surface area contributed by atoms with Crippen molar-refractivity contribution in [3.05, 3.63) is 23.7 Å². The molecule has 0 saturated carbocycles. The first-order chi connectivity index (χ1) is 14.7. The standard InChI is InChI=1S/C25H43NO5/c1-5-6-7-11-14-21-17-18-22(30-21)15-12-9-8-10-13-16-25(29)31-23(19-24(27)28)20-26(2,3)4/h17-18,23H,5-16,19-20H2,1-4H3. The smallest absolute Gasteiger partial charge is 0.306 e. The number of hydrogen-bond donors (Lipinski definition) is 0. The summed E-state index contributed by atoms with van der Waals surface area (Å²) in [4.78, 5) is 22.9. The lowest BCUT2D eigenvalue weighted by Gasteiger charge is -2.29. The number of quaternary nitrogens is 1. The van der Waals surface area contributed by atoms with Gasteiger partial charge in [0, 0.05) is 31.7 Å². The molecule has 0 aromatic carbocycles. The van der Waals surface area contributed by atoms with Crippen molar-refractivity contribution >= 4 is 11.9 Å². The van der Waals surface area contributed by atoms with Gasteiger partial charge in [0.05, 0.1) is 21.1 Å². The lowest BCUT2D eigenvalue weighted by molar-refractivity contribution is -0.873. The lowest BCUT2D eigenvalue weighted by Crippen LogP contribution is -2.45. The Hall–Kier alpha value is -1.82. The number of rotatable bonds is 18. The van der Waals surface area contributed by atoms with E-state index in [-0.39, 0.29) is 12.4 Å². The normalized spacial score (nSPS) is 12.6. The Morgan fingerprint density at radius 2 is 1.48 bits per heavy atom. The summed E-state index contributed by atoms with van der Waals surface area (Å²) in [5, 5.41) is 10.9. The second-order valence-electron chi connectivity index (χ2n) is 9.61. The monoisotopic (exact) mass is 437 g/mol. The molecule has 31 heavy (non-hydrogen) atoms. The average molecular weight is 438 g/mol. The maximum atomic E-state index is 12.1. The van der Waals surface area contributed by atoms with E-state index in [4.69, 9.17) is 9.15 Å². The molecule has 0 aliphatic rings. The molecular formula is C25H43NO5. The van der Waals surface area contributed by atoms with Gasteiger partial charge in [-0.2, -0.15) is 0 Å². The number of aliphatic carboxylic acids is 1. The van der Waals surface area contributed by atoms with Crippen molar-refractivity contribution in [2.75, 3.05) is 27.7 Å². The van der Waals surface area contributed by atoms with E-state index in [0.717, 1.165) is 56.5 Å². The number of esters is 1. The fourth-order valence-corrected chi connectivity index (χ4v) is 3.70. The molecule has 0 saturated heterocycles. The molecule has 1 aromatic heterocycles. The number of carbonyl (C=O) groups is 2. The minimum Gasteiger partial charge on any atom is -0.550 e. The largest absolute Gasteiger partial charge is 0.550 e. The van der Waals surface area contributed by atoms with Crippen LogP contribution in [0.5, 0.6) is 0 Å². The zero-order valence-corrected chi connectivity index (χ0v) is 20.1. The van der Waals surface area contributed by atoms with Gasteiger partial charge >= 0.3 is 5.97 Å². The maximum absolute atomic E-state index is 12.1. The van der Waals surface area contributed by atoms with Crippen molar-refractivity contribution in [1.29, 1.82) is 0 Å². The number of hydrogen-bond acceptors (Lipinski definition) is 5. The van der Waals surface area contributed by atoms with Crippen LogP contribution in [0.25, 0.3) is 0 Å². The van der Waals surface area contributed by atoms with Crippen LogP contribution in [0.4, 0.5) is 0 Å². The van der Waals surface area contributed by atoms with Crippen LogP contribution in [0.3, 0.4) is 0 Å². The van der Waals surface area contributed by atoms with Crippen molar-refractivity contribution in [1.82, 2.24) is 0 Å². The molecule has 1 heterocycles. The first-order valence-corrected chi connectivity index (χ1v) is 12.0. The molecular weight excluding hydrogens is 394 g/mol. The minimum atomic E-state index is -1.19. The Bertz CT molecular complexity index is 632. The first-order valence-electron chi connectivity index (χ1n) is 12.0. The number of carbonyl (C=O) groups excluding carboxylic acids is 2. The van der Waals surface area contributed by atoms with Crippen LogP contribution in [0.15, 0.2) is 16.5 Å². The van der Waals surface area contributed by atoms with Crippen LogP contribution in [0.1, 0.15) is 89.1 Å². The molecule has 1 aromatic rings. The molecule has 0 radical (unpaired) electrons. The molecule has 0 fully saturated rings. The van der Waals surface area contributed by atoms with E-state index in [0.29, 0.717) is 17.4 Å². The fourth-order valence-electron chi connectivity index (χ4n) is 3.70. The summed E-state index contributed by atoms with van der Waals surface area (Å²) >= 11 is 0. The maximum Gasteiger partial charge on any atom is 0.306 e. The van der Waals surface area contributed by atoms with Crippen molar-refractivity contribution in [2.45, 2.75) is 96.5 Å². The second-order valence-corrected chi connectivity index (χ2v) is 9.61. The number of unbranched alkanes of at least 4 members (excludes halogenated alkanes) is 7. The first kappa shape index (κ1) is 27.2. The number of nitrogens with zero attached hydrogens (tertiary/aromatic N) is 1. The van der Waals surface area contributed by atoms with Gasteiger partial charge in [0.25, 0.3) is 0 Å². The topological polar surface area (TPSA) is 79.6 Å². The summed E-state index contributed by atoms with van der Waals surface area (Å²) in [6.07, 6.45) is 11.5. The minimum absolute atomic E-state index is 0.255. The number of carboxylic acid groups (broad SMARTS) is 1. The molecule has 6 heteroatoms. The predicted octanol–water partition coefficient (Wildman–Crippen LogP) is 4.04. The third kappa shape index (κ3) is 14.8. The van der Waals surface area contributed by atoms with E-state index in [2.05, 4.69) is 19.1 Å². The SMILES string of the molecule is CCCCCCc1ccc(CCCCCCCC(=O)OC(CC(=O)[O-])C[N+](C)(C)C)o1. The lowest BCUT2D eigenvalue weighted by atomic mass is 10.1. The number of furan rings is 1. The Morgan fingerprint density at radius 3 is 2.03 bits per heavy atom. The van der Waals surface area contributed by atoms with Gasteiger partial charge in [0.2, 0.25) is 0 Å². The zero-order chi connectivity index (χ0) is 23.1. The van der Waals surface area contributed by atoms with Crippen LogP contribution in [-0.2, 0) is 27.2 Å². The number of likely N-dealkylation sites (N-methyl/N-ethyl adjacent to an activating group) is 1. The van der Waals surface area contributed by atoms with Crippen molar-refractivity contribution in [3.8, 4) is 0 Å². The molecule has 178 valence electrons. The van der Waals surface area contributed by atoms with E-state index < -0.39 is 12.1 Å². The highest BCUT2D eigenvalue weighted by atomic mass is 16.5. The molecule has 6 nitrogen and oxygen atoms in total. The zero-order valence-electron chi connectivity index (χ0n) is 20.1. The van der Waals surface area contributed by atoms with Crippen LogP contribution >= 0.6 is 0 Å². The predicted molar refractivity (Wildman–Crippen MR) is 120 cm³/mol. The molecule has 0 aliphatic carbocycles. The number of ether oxygens (including phenoxy) is 1. The molecule has 1 unspecified atom stereocenters. The third-order valence-electron chi connectivity index (χ3n) is 5.24. The van der Waals surface area contributed by atoms with Crippen LogP contribution in [0, 0.1) is 0 Å². The highest BCUT2D eigenvalue weighted by molar-refractivity contribution is 5.70.